The maximum Gasteiger partial charge on any atom is 0.221 e. The monoisotopic (exact) mass is 382 g/mol. The molecule has 0 aliphatic carbocycles. The Morgan fingerprint density at radius 2 is 2.00 bits per heavy atom. The van der Waals surface area contributed by atoms with Crippen molar-refractivity contribution in [3.63, 3.8) is 0 Å². The van der Waals surface area contributed by atoms with Crippen LogP contribution in [0.5, 0.6) is 0 Å². The number of amides is 1. The standard InChI is InChI=1S/C23H28FN3O/c1-4-16-7-6-10-19-21(15-26-23(16)19)20(17-8-5-9-18(24)13-17)14-22(28)25-11-12-27(2)3/h5-10,13,15,20,26H,4,11-12,14H2,1-3H3,(H,25,28)/p+1/t20-/m0/s1. The first-order chi connectivity index (χ1) is 13.5. The number of benzene rings is 2. The summed E-state index contributed by atoms with van der Waals surface area (Å²) in [7, 11) is 4.11. The van der Waals surface area contributed by atoms with Gasteiger partial charge in [-0.3, -0.25) is 4.79 Å². The second-order valence-electron chi connectivity index (χ2n) is 7.56. The van der Waals surface area contributed by atoms with E-state index >= 15 is 0 Å². The van der Waals surface area contributed by atoms with Gasteiger partial charge >= 0.3 is 0 Å². The Hall–Kier alpha value is -2.66. The highest BCUT2D eigenvalue weighted by Gasteiger charge is 2.22. The van der Waals surface area contributed by atoms with E-state index in [9.17, 15) is 9.18 Å². The SMILES string of the molecule is CCc1cccc2c([C@@H](CC(=O)NCC[NH+](C)C)c3cccc(F)c3)c[nH]c12. The molecule has 0 aliphatic heterocycles. The zero-order chi connectivity index (χ0) is 20.1. The molecule has 148 valence electrons. The lowest BCUT2D eigenvalue weighted by Crippen LogP contribution is -3.06. The Labute approximate surface area is 165 Å². The molecule has 28 heavy (non-hydrogen) atoms. The summed E-state index contributed by atoms with van der Waals surface area (Å²) in [5.41, 5.74) is 4.18. The fourth-order valence-corrected chi connectivity index (χ4v) is 3.66. The van der Waals surface area contributed by atoms with Crippen molar-refractivity contribution >= 4 is 16.8 Å². The number of aromatic amines is 1. The van der Waals surface area contributed by atoms with Crippen LogP contribution in [0.4, 0.5) is 4.39 Å². The summed E-state index contributed by atoms with van der Waals surface area (Å²) in [4.78, 5) is 17.3. The first-order valence-corrected chi connectivity index (χ1v) is 9.89. The van der Waals surface area contributed by atoms with Crippen LogP contribution in [0.15, 0.2) is 48.7 Å². The van der Waals surface area contributed by atoms with E-state index in [1.54, 1.807) is 6.07 Å². The molecule has 2 aromatic carbocycles. The quantitative estimate of drug-likeness (QED) is 0.551. The highest BCUT2D eigenvalue weighted by Crippen LogP contribution is 2.34. The van der Waals surface area contributed by atoms with Crippen LogP contribution in [0.2, 0.25) is 0 Å². The molecule has 0 fully saturated rings. The van der Waals surface area contributed by atoms with Crippen LogP contribution >= 0.6 is 0 Å². The van der Waals surface area contributed by atoms with E-state index in [0.29, 0.717) is 6.54 Å². The smallest absolute Gasteiger partial charge is 0.221 e. The summed E-state index contributed by atoms with van der Waals surface area (Å²) < 4.78 is 13.9. The van der Waals surface area contributed by atoms with Crippen LogP contribution < -0.4 is 10.2 Å². The summed E-state index contributed by atoms with van der Waals surface area (Å²) in [5, 5.41) is 4.09. The number of likely N-dealkylation sites (N-methyl/N-ethyl adjacent to an activating group) is 1. The number of quaternary nitrogens is 1. The van der Waals surface area contributed by atoms with Gasteiger partial charge in [-0.25, -0.2) is 4.39 Å². The number of hydrogen-bond donors (Lipinski definition) is 3. The number of fused-ring (bicyclic) bond motifs is 1. The second kappa shape index (κ2) is 9.02. The van der Waals surface area contributed by atoms with Gasteiger partial charge in [-0.2, -0.15) is 0 Å². The van der Waals surface area contributed by atoms with Crippen molar-refractivity contribution in [1.82, 2.24) is 10.3 Å². The van der Waals surface area contributed by atoms with Gasteiger partial charge in [0.15, 0.2) is 0 Å². The first-order valence-electron chi connectivity index (χ1n) is 9.89. The molecule has 3 aromatic rings. The Kier molecular flexibility index (Phi) is 6.47. The minimum atomic E-state index is -0.284. The van der Waals surface area contributed by atoms with Gasteiger partial charge in [0.05, 0.1) is 27.2 Å². The summed E-state index contributed by atoms with van der Waals surface area (Å²) in [6.45, 7) is 3.62. The van der Waals surface area contributed by atoms with Gasteiger partial charge in [0, 0.05) is 29.4 Å². The summed E-state index contributed by atoms with van der Waals surface area (Å²) in [5.74, 6) is -0.507. The first kappa shape index (κ1) is 20.1. The molecule has 4 nitrogen and oxygen atoms in total. The normalized spacial score (nSPS) is 12.5. The molecule has 0 radical (unpaired) electrons. The lowest BCUT2D eigenvalue weighted by Gasteiger charge is -2.18. The molecule has 0 unspecified atom stereocenters. The number of para-hydroxylation sites is 1. The van der Waals surface area contributed by atoms with E-state index in [2.05, 4.69) is 43.5 Å². The Bertz CT molecular complexity index is 948. The molecular weight excluding hydrogens is 353 g/mol. The molecule has 0 bridgehead atoms. The van der Waals surface area contributed by atoms with E-state index < -0.39 is 0 Å². The van der Waals surface area contributed by atoms with Crippen molar-refractivity contribution in [3.8, 4) is 0 Å². The van der Waals surface area contributed by atoms with Crippen LogP contribution in [0.1, 0.15) is 36.0 Å². The van der Waals surface area contributed by atoms with Crippen molar-refractivity contribution in [2.24, 2.45) is 0 Å². The van der Waals surface area contributed by atoms with Gasteiger partial charge in [-0.1, -0.05) is 37.3 Å². The molecule has 1 amide bonds. The van der Waals surface area contributed by atoms with Gasteiger partial charge in [0.2, 0.25) is 5.91 Å². The number of rotatable bonds is 8. The fraction of sp³-hybridized carbons (Fsp3) is 0.348. The molecular formula is C23H29FN3O+. The van der Waals surface area contributed by atoms with E-state index in [-0.39, 0.29) is 24.1 Å². The Morgan fingerprint density at radius 1 is 1.21 bits per heavy atom. The summed E-state index contributed by atoms with van der Waals surface area (Å²) >= 11 is 0. The number of carbonyl (C=O) groups excluding carboxylic acids is 1. The van der Waals surface area contributed by atoms with Crippen LogP contribution in [-0.4, -0.2) is 38.1 Å². The minimum Gasteiger partial charge on any atom is -0.361 e. The van der Waals surface area contributed by atoms with Crippen molar-refractivity contribution in [1.29, 1.82) is 0 Å². The van der Waals surface area contributed by atoms with E-state index in [1.807, 2.05) is 18.3 Å². The van der Waals surface area contributed by atoms with E-state index in [0.717, 1.165) is 35.0 Å². The molecule has 1 aromatic heterocycles. The average Bonchev–Trinajstić information content (AvgIpc) is 3.09. The van der Waals surface area contributed by atoms with Gasteiger partial charge in [0.25, 0.3) is 0 Å². The third-order valence-corrected chi connectivity index (χ3v) is 5.18. The van der Waals surface area contributed by atoms with Gasteiger partial charge < -0.3 is 15.2 Å². The number of hydrogen-bond acceptors (Lipinski definition) is 1. The highest BCUT2D eigenvalue weighted by molar-refractivity contribution is 5.88. The van der Waals surface area contributed by atoms with E-state index in [1.165, 1.54) is 22.6 Å². The molecule has 3 N–H and O–H groups in total. The molecule has 1 atom stereocenters. The van der Waals surface area contributed by atoms with Crippen LogP contribution in [0.25, 0.3) is 10.9 Å². The third kappa shape index (κ3) is 4.60. The van der Waals surface area contributed by atoms with Crippen molar-refractivity contribution < 1.29 is 14.1 Å². The Balaban J connectivity index is 1.94. The van der Waals surface area contributed by atoms with Crippen molar-refractivity contribution in [2.75, 3.05) is 27.2 Å². The number of halogens is 1. The topological polar surface area (TPSA) is 49.3 Å². The van der Waals surface area contributed by atoms with Crippen LogP contribution in [0, 0.1) is 5.82 Å². The highest BCUT2D eigenvalue weighted by atomic mass is 19.1. The maximum atomic E-state index is 13.9. The zero-order valence-electron chi connectivity index (χ0n) is 16.8. The number of aryl methyl sites for hydroxylation is 1. The van der Waals surface area contributed by atoms with Crippen LogP contribution in [0.3, 0.4) is 0 Å². The molecule has 0 aliphatic rings. The minimum absolute atomic E-state index is 0.0171. The molecule has 0 saturated carbocycles. The summed E-state index contributed by atoms with van der Waals surface area (Å²) in [6, 6.07) is 12.8. The van der Waals surface area contributed by atoms with Crippen molar-refractivity contribution in [3.05, 3.63) is 71.2 Å². The largest absolute Gasteiger partial charge is 0.361 e. The van der Waals surface area contributed by atoms with Crippen molar-refractivity contribution in [2.45, 2.75) is 25.7 Å². The Morgan fingerprint density at radius 3 is 2.71 bits per heavy atom. The predicted molar refractivity (Wildman–Crippen MR) is 111 cm³/mol. The number of aromatic nitrogens is 1. The van der Waals surface area contributed by atoms with Gasteiger partial charge in [0.1, 0.15) is 5.82 Å². The summed E-state index contributed by atoms with van der Waals surface area (Å²) in [6.07, 6.45) is 3.18. The van der Waals surface area contributed by atoms with E-state index in [4.69, 9.17) is 0 Å². The molecule has 1 heterocycles. The zero-order valence-corrected chi connectivity index (χ0v) is 16.8. The third-order valence-electron chi connectivity index (χ3n) is 5.18. The molecule has 3 rings (SSSR count). The predicted octanol–water partition coefficient (Wildman–Crippen LogP) is 2.65. The maximum absolute atomic E-state index is 13.9. The molecule has 5 heteroatoms. The molecule has 0 saturated heterocycles. The molecule has 0 spiro atoms. The fourth-order valence-electron chi connectivity index (χ4n) is 3.66. The van der Waals surface area contributed by atoms with Gasteiger partial charge in [-0.05, 0) is 35.2 Å². The average molecular weight is 383 g/mol. The second-order valence-corrected chi connectivity index (χ2v) is 7.56. The number of H-pyrrole nitrogens is 1. The number of nitrogens with one attached hydrogen (secondary N) is 3. The lowest BCUT2D eigenvalue weighted by molar-refractivity contribution is -0.856. The number of carbonyl (C=O) groups is 1. The van der Waals surface area contributed by atoms with Gasteiger partial charge in [-0.15, -0.1) is 0 Å². The lowest BCUT2D eigenvalue weighted by atomic mass is 9.87. The van der Waals surface area contributed by atoms with Crippen LogP contribution in [-0.2, 0) is 11.2 Å².